The molecule has 0 saturated carbocycles. The minimum atomic E-state index is -5.80. The summed E-state index contributed by atoms with van der Waals surface area (Å²) in [6.45, 7) is -1.96. The molecule has 2 saturated heterocycles. The largest absolute Gasteiger partial charge is 0.493 e. The number of aryl methyl sites for hydroxylation is 1. The van der Waals surface area contributed by atoms with Crippen LogP contribution in [0, 0.1) is 0 Å². The minimum Gasteiger partial charge on any atom is -0.493 e. The fourth-order valence-corrected chi connectivity index (χ4v) is 5.20. The quantitative estimate of drug-likeness (QED) is 0.109. The van der Waals surface area contributed by atoms with Gasteiger partial charge >= 0.3 is 31.4 Å². The van der Waals surface area contributed by atoms with Gasteiger partial charge in [-0.1, -0.05) is 6.07 Å². The SMILES string of the molecule is NC(CO)(CCc1ccc(OCCCC(F)(F)C(F)(F)F)c(C(F)(F)F)c1)C(O)(O)C12OP1(=O)O2. The number of fused-ring (bicyclic) bond motifs is 1. The minimum absolute atomic E-state index is 0.0820. The van der Waals surface area contributed by atoms with Crippen LogP contribution in [0.4, 0.5) is 35.1 Å². The van der Waals surface area contributed by atoms with Crippen molar-refractivity contribution in [1.29, 1.82) is 0 Å². The summed E-state index contributed by atoms with van der Waals surface area (Å²) in [7, 11) is -3.72. The number of benzene rings is 1. The molecule has 1 unspecified atom stereocenters. The van der Waals surface area contributed by atoms with Crippen molar-refractivity contribution < 1.29 is 68.8 Å². The van der Waals surface area contributed by atoms with Gasteiger partial charge in [0.2, 0.25) is 0 Å². The van der Waals surface area contributed by atoms with Crippen molar-refractivity contribution in [1.82, 2.24) is 0 Å². The Bertz CT molecular complexity index is 1010. The number of nitrogens with two attached hydrogens (primary N) is 1. The van der Waals surface area contributed by atoms with Crippen molar-refractivity contribution in [2.45, 2.75) is 60.8 Å². The van der Waals surface area contributed by atoms with E-state index in [1.807, 2.05) is 0 Å². The van der Waals surface area contributed by atoms with Gasteiger partial charge in [0.15, 0.2) is 0 Å². The molecule has 3 rings (SSSR count). The first kappa shape index (κ1) is 28.0. The molecule has 8 nitrogen and oxygen atoms in total. The van der Waals surface area contributed by atoms with Crippen LogP contribution in [-0.4, -0.2) is 57.5 Å². The molecule has 1 aromatic rings. The van der Waals surface area contributed by atoms with Crippen LogP contribution < -0.4 is 10.5 Å². The van der Waals surface area contributed by atoms with Gasteiger partial charge in [0.1, 0.15) is 5.75 Å². The summed E-state index contributed by atoms with van der Waals surface area (Å²) in [5, 5.41) is 30.2. The third-order valence-corrected chi connectivity index (χ3v) is 7.60. The first-order valence-corrected chi connectivity index (χ1v) is 11.4. The average molecular weight is 545 g/mol. The predicted molar refractivity (Wildman–Crippen MR) is 99.2 cm³/mol. The zero-order valence-electron chi connectivity index (χ0n) is 17.5. The molecule has 0 aliphatic carbocycles. The Labute approximate surface area is 192 Å². The molecule has 0 aromatic heterocycles. The van der Waals surface area contributed by atoms with E-state index >= 15 is 0 Å². The van der Waals surface area contributed by atoms with Crippen LogP contribution in [0.15, 0.2) is 18.2 Å². The lowest BCUT2D eigenvalue weighted by Gasteiger charge is -2.38. The van der Waals surface area contributed by atoms with Crippen LogP contribution in [0.5, 0.6) is 5.75 Å². The molecule has 0 spiro atoms. The van der Waals surface area contributed by atoms with Crippen LogP contribution in [0.3, 0.4) is 0 Å². The molecule has 0 bridgehead atoms. The molecule has 0 radical (unpaired) electrons. The second-order valence-corrected chi connectivity index (χ2v) is 10.2. The van der Waals surface area contributed by atoms with Gasteiger partial charge in [-0.3, -0.25) is 13.6 Å². The third kappa shape index (κ3) is 4.89. The highest BCUT2D eigenvalue weighted by atomic mass is 31.2. The fraction of sp³-hybridized carbons (Fsp3) is 0.667. The van der Waals surface area contributed by atoms with Crippen molar-refractivity contribution in [3.63, 3.8) is 0 Å². The summed E-state index contributed by atoms with van der Waals surface area (Å²) in [5.74, 6) is -8.99. The van der Waals surface area contributed by atoms with E-state index in [-0.39, 0.29) is 12.0 Å². The molecular formula is C18H20F8NO7P. The number of hydrogen-bond acceptors (Lipinski definition) is 8. The molecule has 2 fully saturated rings. The Hall–Kier alpha value is -1.55. The summed E-state index contributed by atoms with van der Waals surface area (Å²) in [5.41, 5.74) is -0.262. The van der Waals surface area contributed by atoms with Crippen LogP contribution >= 0.6 is 7.60 Å². The fourth-order valence-electron chi connectivity index (χ4n) is 3.35. The number of rotatable bonds is 11. The Morgan fingerprint density at radius 2 is 1.60 bits per heavy atom. The van der Waals surface area contributed by atoms with Gasteiger partial charge in [0.05, 0.1) is 24.3 Å². The number of hydrogen-bond donors (Lipinski definition) is 4. The summed E-state index contributed by atoms with van der Waals surface area (Å²) in [6, 6.07) is 2.48. The summed E-state index contributed by atoms with van der Waals surface area (Å²) >= 11 is 0. The molecule has 2 heterocycles. The Balaban J connectivity index is 1.68. The smallest absolute Gasteiger partial charge is 0.453 e. The normalized spacial score (nSPS) is 26.2. The van der Waals surface area contributed by atoms with Gasteiger partial charge in [0.25, 0.3) is 5.79 Å². The first-order valence-electron chi connectivity index (χ1n) is 9.89. The molecule has 2 aliphatic rings. The summed E-state index contributed by atoms with van der Waals surface area (Å²) < 4.78 is 128. The second-order valence-electron chi connectivity index (χ2n) is 8.23. The van der Waals surface area contributed by atoms with E-state index in [2.05, 4.69) is 9.05 Å². The van der Waals surface area contributed by atoms with E-state index in [0.717, 1.165) is 12.1 Å². The highest BCUT2D eigenvalue weighted by Crippen LogP contribution is 3.00. The molecule has 1 atom stereocenters. The Morgan fingerprint density at radius 3 is 2.06 bits per heavy atom. The van der Waals surface area contributed by atoms with E-state index in [1.54, 1.807) is 0 Å². The lowest BCUT2D eigenvalue weighted by molar-refractivity contribution is -0.290. The van der Waals surface area contributed by atoms with E-state index in [9.17, 15) is 55.0 Å². The number of aliphatic hydroxyl groups excluding tert-OH is 1. The van der Waals surface area contributed by atoms with Crippen LogP contribution in [0.25, 0.3) is 0 Å². The first-order chi connectivity index (χ1) is 15.8. The van der Waals surface area contributed by atoms with Crippen LogP contribution in [0.2, 0.25) is 0 Å². The van der Waals surface area contributed by atoms with Gasteiger partial charge < -0.3 is 25.8 Å². The Morgan fingerprint density at radius 1 is 1.03 bits per heavy atom. The molecule has 200 valence electrons. The summed E-state index contributed by atoms with van der Waals surface area (Å²) in [6.07, 6.45) is -14.3. The van der Waals surface area contributed by atoms with E-state index in [1.165, 1.54) is 0 Å². The molecule has 5 N–H and O–H groups in total. The standard InChI is InChI=1S/C18H20F8NO7P/c19-14(20,17(24,25)26)5-1-7-32-12-3-2-10(8-11(12)15(21,22)23)4-6-13(27,9-28)16(29,30)18-33-35(18,31)34-18/h2-3,8,28-30H,1,4-7,9,27H2. The van der Waals surface area contributed by atoms with Gasteiger partial charge in [0, 0.05) is 6.42 Å². The average Bonchev–Trinajstić information content (AvgIpc) is 3.53. The van der Waals surface area contributed by atoms with E-state index in [4.69, 9.17) is 10.5 Å². The molecule has 0 amide bonds. The molecule has 2 aliphatic heterocycles. The second kappa shape index (κ2) is 8.50. The van der Waals surface area contributed by atoms with Crippen LogP contribution in [-0.2, 0) is 26.2 Å². The van der Waals surface area contributed by atoms with Crippen molar-refractivity contribution in [2.24, 2.45) is 5.73 Å². The van der Waals surface area contributed by atoms with Crippen molar-refractivity contribution in [3.05, 3.63) is 29.3 Å². The number of aliphatic hydroxyl groups is 3. The predicted octanol–water partition coefficient (Wildman–Crippen LogP) is 3.27. The molecule has 17 heteroatoms. The maximum atomic E-state index is 13.5. The number of halogens is 8. The van der Waals surface area contributed by atoms with Crippen molar-refractivity contribution >= 4 is 7.60 Å². The summed E-state index contributed by atoms with van der Waals surface area (Å²) in [4.78, 5) is 0. The highest BCUT2D eigenvalue weighted by Gasteiger charge is 3.01. The molecular weight excluding hydrogens is 525 g/mol. The monoisotopic (exact) mass is 545 g/mol. The van der Waals surface area contributed by atoms with E-state index in [0.29, 0.717) is 6.07 Å². The van der Waals surface area contributed by atoms with Crippen molar-refractivity contribution in [2.75, 3.05) is 13.2 Å². The topological polar surface area (TPSA) is 138 Å². The molecule has 1 aromatic carbocycles. The van der Waals surface area contributed by atoms with Gasteiger partial charge in [-0.2, -0.15) is 35.1 Å². The Kier molecular flexibility index (Phi) is 6.81. The van der Waals surface area contributed by atoms with Crippen molar-refractivity contribution in [3.8, 4) is 5.75 Å². The highest BCUT2D eigenvalue weighted by molar-refractivity contribution is 7.68. The maximum absolute atomic E-state index is 13.5. The lowest BCUT2D eigenvalue weighted by atomic mass is 9.84. The maximum Gasteiger partial charge on any atom is 0.453 e. The number of alkyl halides is 8. The zero-order valence-corrected chi connectivity index (χ0v) is 18.4. The lowest BCUT2D eigenvalue weighted by Crippen LogP contribution is -2.68. The van der Waals surface area contributed by atoms with Gasteiger partial charge in [-0.15, -0.1) is 0 Å². The van der Waals surface area contributed by atoms with E-state index < -0.39 is 86.5 Å². The van der Waals surface area contributed by atoms with Gasteiger partial charge in [-0.05, 0) is 37.0 Å². The molecule has 35 heavy (non-hydrogen) atoms. The van der Waals surface area contributed by atoms with Gasteiger partial charge in [-0.25, -0.2) is 0 Å². The van der Waals surface area contributed by atoms with Crippen LogP contribution in [0.1, 0.15) is 30.4 Å². The zero-order chi connectivity index (χ0) is 26.7. The third-order valence-electron chi connectivity index (χ3n) is 5.72. The number of ether oxygens (including phenoxy) is 1.